The standard InChI is InChI=1S/C9H17NO4S/c1-13-5-6-15-7-8(11)10-4-3-9(12)14-2/h3-7H2,1-2H3,(H,10,11). The molecular formula is C9H17NO4S. The van der Waals surface area contributed by atoms with Crippen LogP contribution in [-0.4, -0.2) is 50.8 Å². The Morgan fingerprint density at radius 3 is 2.67 bits per heavy atom. The molecule has 0 aliphatic carbocycles. The van der Waals surface area contributed by atoms with E-state index in [1.165, 1.54) is 18.9 Å². The largest absolute Gasteiger partial charge is 0.469 e. The van der Waals surface area contributed by atoms with Crippen molar-refractivity contribution in [2.24, 2.45) is 0 Å². The first-order chi connectivity index (χ1) is 7.20. The number of amides is 1. The number of nitrogens with one attached hydrogen (secondary N) is 1. The smallest absolute Gasteiger partial charge is 0.307 e. The van der Waals surface area contributed by atoms with E-state index in [4.69, 9.17) is 4.74 Å². The number of rotatable bonds is 8. The Bertz CT molecular complexity index is 199. The first kappa shape index (κ1) is 14.2. The molecule has 0 unspecified atom stereocenters. The summed E-state index contributed by atoms with van der Waals surface area (Å²) in [5.74, 6) is 0.799. The lowest BCUT2D eigenvalue weighted by molar-refractivity contribution is -0.140. The molecule has 0 rings (SSSR count). The topological polar surface area (TPSA) is 64.6 Å². The third-order valence-electron chi connectivity index (χ3n) is 1.54. The quantitative estimate of drug-likeness (QED) is 0.475. The van der Waals surface area contributed by atoms with Gasteiger partial charge in [0.1, 0.15) is 0 Å². The molecule has 0 bridgehead atoms. The van der Waals surface area contributed by atoms with Crippen LogP contribution >= 0.6 is 11.8 Å². The van der Waals surface area contributed by atoms with Gasteiger partial charge in [0.25, 0.3) is 0 Å². The minimum absolute atomic E-state index is 0.0694. The number of carbonyl (C=O) groups excluding carboxylic acids is 2. The second kappa shape index (κ2) is 9.79. The highest BCUT2D eigenvalue weighted by molar-refractivity contribution is 7.99. The van der Waals surface area contributed by atoms with Gasteiger partial charge in [-0.2, -0.15) is 0 Å². The molecule has 6 heteroatoms. The zero-order valence-corrected chi connectivity index (χ0v) is 9.89. The van der Waals surface area contributed by atoms with E-state index in [0.29, 0.717) is 18.9 Å². The summed E-state index contributed by atoms with van der Waals surface area (Å²) in [4.78, 5) is 21.8. The van der Waals surface area contributed by atoms with E-state index in [0.717, 1.165) is 5.75 Å². The van der Waals surface area contributed by atoms with Crippen molar-refractivity contribution in [1.82, 2.24) is 5.32 Å². The van der Waals surface area contributed by atoms with E-state index < -0.39 is 0 Å². The van der Waals surface area contributed by atoms with E-state index >= 15 is 0 Å². The highest BCUT2D eigenvalue weighted by Gasteiger charge is 2.03. The van der Waals surface area contributed by atoms with Crippen molar-refractivity contribution in [3.8, 4) is 0 Å². The van der Waals surface area contributed by atoms with E-state index in [1.807, 2.05) is 0 Å². The van der Waals surface area contributed by atoms with Gasteiger partial charge in [0.2, 0.25) is 5.91 Å². The summed E-state index contributed by atoms with van der Waals surface area (Å²) in [5, 5.41) is 2.62. The van der Waals surface area contributed by atoms with Gasteiger partial charge in [-0.1, -0.05) is 0 Å². The average molecular weight is 235 g/mol. The summed E-state index contributed by atoms with van der Waals surface area (Å²) in [6.45, 7) is 0.969. The lowest BCUT2D eigenvalue weighted by atomic mass is 10.4. The Hall–Kier alpha value is -0.750. The maximum absolute atomic E-state index is 11.2. The van der Waals surface area contributed by atoms with Gasteiger partial charge in [-0.25, -0.2) is 0 Å². The number of esters is 1. The Kier molecular flexibility index (Phi) is 9.30. The zero-order valence-electron chi connectivity index (χ0n) is 9.08. The van der Waals surface area contributed by atoms with Crippen LogP contribution in [0, 0.1) is 0 Å². The number of ether oxygens (including phenoxy) is 2. The number of carbonyl (C=O) groups is 2. The van der Waals surface area contributed by atoms with Gasteiger partial charge in [-0.05, 0) is 0 Å². The fourth-order valence-corrected chi connectivity index (χ4v) is 1.48. The molecule has 0 aliphatic heterocycles. The normalized spacial score (nSPS) is 9.73. The fraction of sp³-hybridized carbons (Fsp3) is 0.778. The summed E-state index contributed by atoms with van der Waals surface area (Å²) in [6, 6.07) is 0. The molecule has 0 spiro atoms. The Morgan fingerprint density at radius 2 is 2.07 bits per heavy atom. The maximum Gasteiger partial charge on any atom is 0.307 e. The fourth-order valence-electron chi connectivity index (χ4n) is 0.764. The molecule has 88 valence electrons. The van der Waals surface area contributed by atoms with Crippen LogP contribution in [-0.2, 0) is 19.1 Å². The molecule has 0 fully saturated rings. The number of hydrogen-bond acceptors (Lipinski definition) is 5. The van der Waals surface area contributed by atoms with Crippen molar-refractivity contribution in [3.63, 3.8) is 0 Å². The number of hydrogen-bond donors (Lipinski definition) is 1. The average Bonchev–Trinajstić information content (AvgIpc) is 2.24. The van der Waals surface area contributed by atoms with Crippen molar-refractivity contribution in [2.75, 3.05) is 38.9 Å². The Morgan fingerprint density at radius 1 is 1.33 bits per heavy atom. The van der Waals surface area contributed by atoms with Crippen LogP contribution in [0.25, 0.3) is 0 Å². The molecule has 15 heavy (non-hydrogen) atoms. The highest BCUT2D eigenvalue weighted by atomic mass is 32.2. The summed E-state index contributed by atoms with van der Waals surface area (Å²) in [7, 11) is 2.95. The Balaban J connectivity index is 3.29. The third kappa shape index (κ3) is 9.55. The number of methoxy groups -OCH3 is 2. The van der Waals surface area contributed by atoms with Crippen LogP contribution in [0.1, 0.15) is 6.42 Å². The lowest BCUT2D eigenvalue weighted by Gasteiger charge is -2.03. The van der Waals surface area contributed by atoms with Gasteiger partial charge in [0.05, 0.1) is 25.9 Å². The van der Waals surface area contributed by atoms with E-state index in [1.54, 1.807) is 7.11 Å². The van der Waals surface area contributed by atoms with Crippen molar-refractivity contribution < 1.29 is 19.1 Å². The predicted octanol–water partition coefficient (Wildman–Crippen LogP) is 0.0453. The zero-order chi connectivity index (χ0) is 11.5. The molecule has 0 aromatic heterocycles. The second-order valence-corrected chi connectivity index (χ2v) is 3.83. The van der Waals surface area contributed by atoms with Gasteiger partial charge < -0.3 is 14.8 Å². The highest BCUT2D eigenvalue weighted by Crippen LogP contribution is 1.98. The summed E-state index contributed by atoms with van der Waals surface area (Å²) >= 11 is 1.50. The molecule has 0 aromatic carbocycles. The molecule has 0 saturated carbocycles. The van der Waals surface area contributed by atoms with E-state index in [-0.39, 0.29) is 18.3 Å². The first-order valence-electron chi connectivity index (χ1n) is 4.61. The molecule has 0 heterocycles. The predicted molar refractivity (Wildman–Crippen MR) is 58.8 cm³/mol. The van der Waals surface area contributed by atoms with E-state index in [2.05, 4.69) is 10.1 Å². The summed E-state index contributed by atoms with van der Waals surface area (Å²) in [6.07, 6.45) is 0.213. The van der Waals surface area contributed by atoms with Crippen LogP contribution in [0.5, 0.6) is 0 Å². The van der Waals surface area contributed by atoms with Crippen LogP contribution in [0.15, 0.2) is 0 Å². The van der Waals surface area contributed by atoms with Crippen molar-refractivity contribution in [2.45, 2.75) is 6.42 Å². The van der Waals surface area contributed by atoms with Gasteiger partial charge in [0.15, 0.2) is 0 Å². The molecule has 1 N–H and O–H groups in total. The van der Waals surface area contributed by atoms with Gasteiger partial charge in [0, 0.05) is 19.4 Å². The second-order valence-electron chi connectivity index (χ2n) is 2.72. The van der Waals surface area contributed by atoms with Gasteiger partial charge in [-0.3, -0.25) is 9.59 Å². The third-order valence-corrected chi connectivity index (χ3v) is 2.47. The molecule has 0 aliphatic rings. The molecule has 0 saturated heterocycles. The lowest BCUT2D eigenvalue weighted by Crippen LogP contribution is -2.28. The molecule has 5 nitrogen and oxygen atoms in total. The SMILES string of the molecule is COCCSCC(=O)NCCC(=O)OC. The molecule has 0 atom stereocenters. The van der Waals surface area contributed by atoms with Crippen LogP contribution in [0.2, 0.25) is 0 Å². The molecular weight excluding hydrogens is 218 g/mol. The molecule has 1 amide bonds. The Labute approximate surface area is 93.9 Å². The van der Waals surface area contributed by atoms with Crippen LogP contribution in [0.3, 0.4) is 0 Å². The minimum atomic E-state index is -0.317. The van der Waals surface area contributed by atoms with Crippen molar-refractivity contribution in [1.29, 1.82) is 0 Å². The monoisotopic (exact) mass is 235 g/mol. The summed E-state index contributed by atoms with van der Waals surface area (Å²) in [5.41, 5.74) is 0. The molecule has 0 radical (unpaired) electrons. The summed E-state index contributed by atoms with van der Waals surface area (Å²) < 4.78 is 9.27. The van der Waals surface area contributed by atoms with Gasteiger partial charge >= 0.3 is 5.97 Å². The van der Waals surface area contributed by atoms with Crippen molar-refractivity contribution in [3.05, 3.63) is 0 Å². The van der Waals surface area contributed by atoms with Crippen LogP contribution < -0.4 is 5.32 Å². The maximum atomic E-state index is 11.2. The van der Waals surface area contributed by atoms with Crippen LogP contribution in [0.4, 0.5) is 0 Å². The molecule has 0 aromatic rings. The minimum Gasteiger partial charge on any atom is -0.469 e. The van der Waals surface area contributed by atoms with E-state index in [9.17, 15) is 9.59 Å². The van der Waals surface area contributed by atoms with Gasteiger partial charge in [-0.15, -0.1) is 11.8 Å². The first-order valence-corrected chi connectivity index (χ1v) is 5.76. The van der Waals surface area contributed by atoms with Crippen molar-refractivity contribution >= 4 is 23.6 Å². The number of thioether (sulfide) groups is 1.